The SMILES string of the molecule is CC(C)CCC(C)NC(=O)N1CC2CCCN2CC1C. The lowest BCUT2D eigenvalue weighted by Crippen LogP contribution is -2.59. The molecule has 4 nitrogen and oxygen atoms in total. The van der Waals surface area contributed by atoms with Crippen LogP contribution in [-0.4, -0.2) is 53.6 Å². The largest absolute Gasteiger partial charge is 0.336 e. The van der Waals surface area contributed by atoms with Crippen molar-refractivity contribution < 1.29 is 4.79 Å². The maximum absolute atomic E-state index is 12.4. The summed E-state index contributed by atoms with van der Waals surface area (Å²) in [5.74, 6) is 0.704. The van der Waals surface area contributed by atoms with Gasteiger partial charge in [0.05, 0.1) is 0 Å². The zero-order chi connectivity index (χ0) is 14.7. The molecule has 1 N–H and O–H groups in total. The fourth-order valence-electron chi connectivity index (χ4n) is 3.42. The van der Waals surface area contributed by atoms with E-state index in [0.29, 0.717) is 18.0 Å². The quantitative estimate of drug-likeness (QED) is 0.860. The number of hydrogen-bond acceptors (Lipinski definition) is 2. The number of nitrogens with one attached hydrogen (secondary N) is 1. The third-order valence-corrected chi connectivity index (χ3v) is 4.75. The molecule has 4 heteroatoms. The molecule has 0 aliphatic carbocycles. The second-order valence-electron chi connectivity index (χ2n) is 7.11. The van der Waals surface area contributed by atoms with Crippen molar-refractivity contribution in [3.05, 3.63) is 0 Å². The number of fused-ring (bicyclic) bond motifs is 1. The first kappa shape index (κ1) is 15.6. The van der Waals surface area contributed by atoms with Gasteiger partial charge in [0.25, 0.3) is 0 Å². The summed E-state index contributed by atoms with van der Waals surface area (Å²) in [7, 11) is 0. The summed E-state index contributed by atoms with van der Waals surface area (Å²) in [6.07, 6.45) is 4.78. The van der Waals surface area contributed by atoms with Crippen molar-refractivity contribution in [2.45, 2.75) is 71.5 Å². The molecule has 20 heavy (non-hydrogen) atoms. The molecule has 116 valence electrons. The van der Waals surface area contributed by atoms with Crippen LogP contribution in [0.1, 0.15) is 53.4 Å². The Morgan fingerprint density at radius 3 is 2.70 bits per heavy atom. The van der Waals surface area contributed by atoms with Gasteiger partial charge >= 0.3 is 6.03 Å². The molecule has 2 fully saturated rings. The van der Waals surface area contributed by atoms with Crippen LogP contribution in [0.4, 0.5) is 4.79 Å². The van der Waals surface area contributed by atoms with Crippen LogP contribution in [0.3, 0.4) is 0 Å². The predicted molar refractivity (Wildman–Crippen MR) is 82.8 cm³/mol. The Hall–Kier alpha value is -0.770. The van der Waals surface area contributed by atoms with E-state index in [1.807, 2.05) is 0 Å². The van der Waals surface area contributed by atoms with Crippen molar-refractivity contribution in [3.63, 3.8) is 0 Å². The Morgan fingerprint density at radius 1 is 1.25 bits per heavy atom. The van der Waals surface area contributed by atoms with Crippen LogP contribution in [0.2, 0.25) is 0 Å². The van der Waals surface area contributed by atoms with E-state index in [1.54, 1.807) is 0 Å². The first-order chi connectivity index (χ1) is 9.47. The van der Waals surface area contributed by atoms with Gasteiger partial charge < -0.3 is 10.2 Å². The second kappa shape index (κ2) is 6.79. The van der Waals surface area contributed by atoms with Crippen LogP contribution >= 0.6 is 0 Å². The lowest BCUT2D eigenvalue weighted by atomic mass is 10.0. The Balaban J connectivity index is 1.82. The Bertz CT molecular complexity index is 332. The molecule has 2 rings (SSSR count). The van der Waals surface area contributed by atoms with Gasteiger partial charge in [-0.3, -0.25) is 4.90 Å². The van der Waals surface area contributed by atoms with E-state index in [9.17, 15) is 4.79 Å². The molecule has 0 spiro atoms. The zero-order valence-electron chi connectivity index (χ0n) is 13.6. The van der Waals surface area contributed by atoms with Crippen molar-refractivity contribution in [2.24, 2.45) is 5.92 Å². The Kier molecular flexibility index (Phi) is 5.30. The molecule has 0 radical (unpaired) electrons. The summed E-state index contributed by atoms with van der Waals surface area (Å²) in [4.78, 5) is 17.1. The highest BCUT2D eigenvalue weighted by molar-refractivity contribution is 5.75. The number of amides is 2. The highest BCUT2D eigenvalue weighted by atomic mass is 16.2. The molecule has 2 amide bonds. The molecular weight excluding hydrogens is 250 g/mol. The fourth-order valence-corrected chi connectivity index (χ4v) is 3.42. The van der Waals surface area contributed by atoms with E-state index in [4.69, 9.17) is 0 Å². The normalized spacial score (nSPS) is 28.6. The molecule has 0 aromatic carbocycles. The van der Waals surface area contributed by atoms with Gasteiger partial charge in [-0.15, -0.1) is 0 Å². The maximum Gasteiger partial charge on any atom is 0.317 e. The summed E-state index contributed by atoms with van der Waals surface area (Å²) in [5.41, 5.74) is 0. The molecule has 2 saturated heterocycles. The third-order valence-electron chi connectivity index (χ3n) is 4.75. The number of hydrogen-bond donors (Lipinski definition) is 1. The molecule has 0 aromatic heterocycles. The lowest BCUT2D eigenvalue weighted by molar-refractivity contribution is 0.0791. The van der Waals surface area contributed by atoms with Gasteiger partial charge in [0.2, 0.25) is 0 Å². The van der Waals surface area contributed by atoms with E-state index < -0.39 is 0 Å². The smallest absolute Gasteiger partial charge is 0.317 e. The molecule has 2 aliphatic heterocycles. The van der Waals surface area contributed by atoms with Gasteiger partial charge in [-0.2, -0.15) is 0 Å². The zero-order valence-corrected chi connectivity index (χ0v) is 13.6. The molecule has 0 bridgehead atoms. The van der Waals surface area contributed by atoms with Crippen LogP contribution in [0.5, 0.6) is 0 Å². The van der Waals surface area contributed by atoms with E-state index in [-0.39, 0.29) is 12.1 Å². The Morgan fingerprint density at radius 2 is 2.00 bits per heavy atom. The van der Waals surface area contributed by atoms with Crippen LogP contribution in [0, 0.1) is 5.92 Å². The average molecular weight is 281 g/mol. The maximum atomic E-state index is 12.4. The molecule has 0 aromatic rings. The van der Waals surface area contributed by atoms with Crippen LogP contribution in [0.15, 0.2) is 0 Å². The standard InChI is InChI=1S/C16H31N3O/c1-12(2)7-8-13(3)17-16(20)19-11-15-6-5-9-18(15)10-14(19)4/h12-15H,5-11H2,1-4H3,(H,17,20). The highest BCUT2D eigenvalue weighted by Gasteiger charge is 2.36. The minimum Gasteiger partial charge on any atom is -0.336 e. The average Bonchev–Trinajstić information content (AvgIpc) is 2.82. The van der Waals surface area contributed by atoms with E-state index >= 15 is 0 Å². The molecule has 2 heterocycles. The van der Waals surface area contributed by atoms with Crippen molar-refractivity contribution in [3.8, 4) is 0 Å². The summed E-state index contributed by atoms with van der Waals surface area (Å²) < 4.78 is 0. The Labute approximate surface area is 123 Å². The van der Waals surface area contributed by atoms with Crippen molar-refractivity contribution in [1.82, 2.24) is 15.1 Å². The number of rotatable bonds is 4. The second-order valence-corrected chi connectivity index (χ2v) is 7.11. The first-order valence-corrected chi connectivity index (χ1v) is 8.28. The van der Waals surface area contributed by atoms with Gasteiger partial charge in [-0.25, -0.2) is 4.79 Å². The molecule has 0 saturated carbocycles. The number of piperazine rings is 1. The summed E-state index contributed by atoms with van der Waals surface area (Å²) in [6.45, 7) is 11.9. The van der Waals surface area contributed by atoms with Crippen LogP contribution in [-0.2, 0) is 0 Å². The minimum absolute atomic E-state index is 0.139. The predicted octanol–water partition coefficient (Wildman–Crippen LogP) is 2.69. The third kappa shape index (κ3) is 3.87. The first-order valence-electron chi connectivity index (χ1n) is 8.28. The molecule has 2 aliphatic rings. The minimum atomic E-state index is 0.139. The van der Waals surface area contributed by atoms with Crippen molar-refractivity contribution in [2.75, 3.05) is 19.6 Å². The molecule has 3 atom stereocenters. The summed E-state index contributed by atoms with van der Waals surface area (Å²) >= 11 is 0. The monoisotopic (exact) mass is 281 g/mol. The van der Waals surface area contributed by atoms with Crippen LogP contribution < -0.4 is 5.32 Å². The lowest BCUT2D eigenvalue weighted by Gasteiger charge is -2.42. The number of carbonyl (C=O) groups excluding carboxylic acids is 1. The van der Waals surface area contributed by atoms with Gasteiger partial charge in [0.15, 0.2) is 0 Å². The number of urea groups is 1. The van der Waals surface area contributed by atoms with Gasteiger partial charge in [0.1, 0.15) is 0 Å². The van der Waals surface area contributed by atoms with E-state index in [1.165, 1.54) is 25.8 Å². The van der Waals surface area contributed by atoms with Crippen LogP contribution in [0.25, 0.3) is 0 Å². The van der Waals surface area contributed by atoms with Gasteiger partial charge in [0, 0.05) is 31.2 Å². The summed E-state index contributed by atoms with van der Waals surface area (Å²) in [5, 5.41) is 3.18. The van der Waals surface area contributed by atoms with E-state index in [2.05, 4.69) is 42.8 Å². The number of nitrogens with zero attached hydrogens (tertiary/aromatic N) is 2. The van der Waals surface area contributed by atoms with Crippen molar-refractivity contribution in [1.29, 1.82) is 0 Å². The summed E-state index contributed by atoms with van der Waals surface area (Å²) in [6, 6.07) is 1.35. The molecular formula is C16H31N3O. The number of carbonyl (C=O) groups is 1. The highest BCUT2D eigenvalue weighted by Crippen LogP contribution is 2.24. The van der Waals surface area contributed by atoms with Crippen molar-refractivity contribution >= 4 is 6.03 Å². The molecule has 3 unspecified atom stereocenters. The van der Waals surface area contributed by atoms with E-state index in [0.717, 1.165) is 19.5 Å². The topological polar surface area (TPSA) is 35.6 Å². The van der Waals surface area contributed by atoms with Gasteiger partial charge in [-0.05, 0) is 52.0 Å². The van der Waals surface area contributed by atoms with Gasteiger partial charge in [-0.1, -0.05) is 13.8 Å². The fraction of sp³-hybridized carbons (Fsp3) is 0.938.